The van der Waals surface area contributed by atoms with Gasteiger partial charge in [0.25, 0.3) is 5.91 Å². The highest BCUT2D eigenvalue weighted by Gasteiger charge is 2.18. The number of nitrogens with zero attached hydrogens (tertiary/aromatic N) is 3. The molecule has 0 aromatic carbocycles. The molecule has 19 heavy (non-hydrogen) atoms. The standard InChI is InChI=1S/C14H17N3OS/c1-5-7-17(8-6-2)13(18)12-9-11-10(3)15-16(4)14(11)19-12/h5-6,9H,1-2,7-8H2,3-4H3. The van der Waals surface area contributed by atoms with Gasteiger partial charge in [-0.2, -0.15) is 5.10 Å². The zero-order valence-electron chi connectivity index (χ0n) is 11.2. The molecule has 0 saturated heterocycles. The summed E-state index contributed by atoms with van der Waals surface area (Å²) in [7, 11) is 1.89. The third-order valence-electron chi connectivity index (χ3n) is 2.89. The highest BCUT2D eigenvalue weighted by molar-refractivity contribution is 7.20. The lowest BCUT2D eigenvalue weighted by atomic mass is 10.3. The van der Waals surface area contributed by atoms with E-state index in [4.69, 9.17) is 0 Å². The van der Waals surface area contributed by atoms with E-state index in [1.165, 1.54) is 11.3 Å². The first-order chi connectivity index (χ1) is 9.08. The van der Waals surface area contributed by atoms with E-state index in [9.17, 15) is 4.79 Å². The van der Waals surface area contributed by atoms with Crippen LogP contribution in [0.4, 0.5) is 0 Å². The predicted molar refractivity (Wildman–Crippen MR) is 79.6 cm³/mol. The number of hydrogen-bond acceptors (Lipinski definition) is 3. The van der Waals surface area contributed by atoms with Gasteiger partial charge in [0, 0.05) is 25.5 Å². The third kappa shape index (κ3) is 2.46. The summed E-state index contributed by atoms with van der Waals surface area (Å²) in [6.45, 7) is 10.4. The van der Waals surface area contributed by atoms with Crippen molar-refractivity contribution in [2.75, 3.05) is 13.1 Å². The summed E-state index contributed by atoms with van der Waals surface area (Å²) in [6, 6.07) is 1.92. The van der Waals surface area contributed by atoms with Crippen molar-refractivity contribution < 1.29 is 4.79 Å². The summed E-state index contributed by atoms with van der Waals surface area (Å²) in [5.74, 6) is 0.0143. The lowest BCUT2D eigenvalue weighted by molar-refractivity contribution is 0.0795. The van der Waals surface area contributed by atoms with E-state index < -0.39 is 0 Å². The molecule has 0 bridgehead atoms. The molecule has 5 heteroatoms. The topological polar surface area (TPSA) is 38.1 Å². The van der Waals surface area contributed by atoms with Crippen molar-refractivity contribution in [2.45, 2.75) is 6.92 Å². The van der Waals surface area contributed by atoms with Crippen LogP contribution in [0.2, 0.25) is 0 Å². The van der Waals surface area contributed by atoms with Crippen LogP contribution in [0.3, 0.4) is 0 Å². The van der Waals surface area contributed by atoms with Gasteiger partial charge >= 0.3 is 0 Å². The summed E-state index contributed by atoms with van der Waals surface area (Å²) in [6.07, 6.45) is 3.45. The van der Waals surface area contributed by atoms with E-state index in [1.807, 2.05) is 24.7 Å². The van der Waals surface area contributed by atoms with Gasteiger partial charge in [0.15, 0.2) is 0 Å². The molecule has 0 unspecified atom stereocenters. The Morgan fingerprint density at radius 2 is 2.11 bits per heavy atom. The van der Waals surface area contributed by atoms with Gasteiger partial charge in [0.1, 0.15) is 4.83 Å². The van der Waals surface area contributed by atoms with E-state index in [0.717, 1.165) is 20.8 Å². The van der Waals surface area contributed by atoms with Crippen LogP contribution < -0.4 is 0 Å². The molecule has 0 saturated carbocycles. The molecule has 0 aliphatic rings. The van der Waals surface area contributed by atoms with Crippen LogP contribution in [-0.4, -0.2) is 33.7 Å². The predicted octanol–water partition coefficient (Wildman–Crippen LogP) is 2.76. The van der Waals surface area contributed by atoms with Crippen molar-refractivity contribution in [1.82, 2.24) is 14.7 Å². The van der Waals surface area contributed by atoms with Gasteiger partial charge in [-0.05, 0) is 13.0 Å². The van der Waals surface area contributed by atoms with E-state index in [-0.39, 0.29) is 5.91 Å². The van der Waals surface area contributed by atoms with Crippen molar-refractivity contribution >= 4 is 27.5 Å². The van der Waals surface area contributed by atoms with Crippen LogP contribution in [0, 0.1) is 6.92 Å². The SMILES string of the molecule is C=CCN(CC=C)C(=O)c1cc2c(C)nn(C)c2s1. The van der Waals surface area contributed by atoms with Gasteiger partial charge in [-0.3, -0.25) is 9.48 Å². The quantitative estimate of drug-likeness (QED) is 0.787. The van der Waals surface area contributed by atoms with E-state index in [0.29, 0.717) is 13.1 Å². The molecular weight excluding hydrogens is 258 g/mol. The van der Waals surface area contributed by atoms with Gasteiger partial charge in [0.05, 0.1) is 10.6 Å². The van der Waals surface area contributed by atoms with Gasteiger partial charge in [-0.1, -0.05) is 12.2 Å². The lowest BCUT2D eigenvalue weighted by Gasteiger charge is -2.18. The van der Waals surface area contributed by atoms with Crippen LogP contribution in [-0.2, 0) is 7.05 Å². The molecule has 0 aliphatic carbocycles. The summed E-state index contributed by atoms with van der Waals surface area (Å²) in [4.78, 5) is 15.9. The Labute approximate surface area is 116 Å². The van der Waals surface area contributed by atoms with Crippen LogP contribution in [0.25, 0.3) is 10.2 Å². The fourth-order valence-corrected chi connectivity index (χ4v) is 3.11. The fraction of sp³-hybridized carbons (Fsp3) is 0.286. The number of hydrogen-bond donors (Lipinski definition) is 0. The van der Waals surface area contributed by atoms with E-state index >= 15 is 0 Å². The molecular formula is C14H17N3OS. The zero-order chi connectivity index (χ0) is 14.0. The second-order valence-electron chi connectivity index (χ2n) is 4.33. The third-order valence-corrected chi connectivity index (χ3v) is 4.08. The number of amides is 1. The average Bonchev–Trinajstić information content (AvgIpc) is 2.91. The summed E-state index contributed by atoms with van der Waals surface area (Å²) < 4.78 is 1.82. The highest BCUT2D eigenvalue weighted by atomic mass is 32.1. The van der Waals surface area contributed by atoms with Crippen LogP contribution in [0.5, 0.6) is 0 Å². The number of carbonyl (C=O) groups excluding carboxylic acids is 1. The minimum absolute atomic E-state index is 0.0143. The molecule has 100 valence electrons. The largest absolute Gasteiger partial charge is 0.331 e. The normalized spacial score (nSPS) is 10.6. The maximum absolute atomic E-state index is 12.4. The molecule has 2 heterocycles. The van der Waals surface area contributed by atoms with Gasteiger partial charge in [-0.15, -0.1) is 24.5 Å². The molecule has 0 aliphatic heterocycles. The smallest absolute Gasteiger partial charge is 0.264 e. The van der Waals surface area contributed by atoms with E-state index in [2.05, 4.69) is 18.3 Å². The Kier molecular flexibility index (Phi) is 3.85. The second-order valence-corrected chi connectivity index (χ2v) is 5.36. The minimum atomic E-state index is 0.0143. The molecule has 0 atom stereocenters. The van der Waals surface area contributed by atoms with Crippen molar-refractivity contribution in [3.05, 3.63) is 41.9 Å². The summed E-state index contributed by atoms with van der Waals surface area (Å²) >= 11 is 1.47. The molecule has 4 nitrogen and oxygen atoms in total. The molecule has 0 N–H and O–H groups in total. The summed E-state index contributed by atoms with van der Waals surface area (Å²) in [5.41, 5.74) is 0.951. The minimum Gasteiger partial charge on any atom is -0.331 e. The van der Waals surface area contributed by atoms with Gasteiger partial charge in [0.2, 0.25) is 0 Å². The molecule has 0 radical (unpaired) electrons. The number of thiophene rings is 1. The molecule has 0 fully saturated rings. The molecule has 0 spiro atoms. The maximum Gasteiger partial charge on any atom is 0.264 e. The van der Waals surface area contributed by atoms with Crippen LogP contribution in [0.15, 0.2) is 31.4 Å². The van der Waals surface area contributed by atoms with Crippen molar-refractivity contribution in [1.29, 1.82) is 0 Å². The number of carbonyl (C=O) groups is 1. The van der Waals surface area contributed by atoms with E-state index in [1.54, 1.807) is 17.1 Å². The fourth-order valence-electron chi connectivity index (χ4n) is 2.02. The van der Waals surface area contributed by atoms with Crippen molar-refractivity contribution in [2.24, 2.45) is 7.05 Å². The zero-order valence-corrected chi connectivity index (χ0v) is 12.0. The average molecular weight is 275 g/mol. The van der Waals surface area contributed by atoms with Crippen LogP contribution >= 0.6 is 11.3 Å². The van der Waals surface area contributed by atoms with Crippen molar-refractivity contribution in [3.8, 4) is 0 Å². The van der Waals surface area contributed by atoms with Crippen molar-refractivity contribution in [3.63, 3.8) is 0 Å². The Morgan fingerprint density at radius 3 is 2.63 bits per heavy atom. The number of aryl methyl sites for hydroxylation is 2. The monoisotopic (exact) mass is 275 g/mol. The molecule has 1 amide bonds. The molecule has 2 aromatic rings. The number of fused-ring (bicyclic) bond motifs is 1. The Morgan fingerprint density at radius 1 is 1.47 bits per heavy atom. The number of rotatable bonds is 5. The van der Waals surface area contributed by atoms with Crippen LogP contribution in [0.1, 0.15) is 15.4 Å². The Hall–Kier alpha value is -1.88. The Bertz CT molecular complexity index is 594. The first kappa shape index (κ1) is 13.5. The first-order valence-corrected chi connectivity index (χ1v) is 6.84. The second kappa shape index (κ2) is 5.40. The molecule has 2 aromatic heterocycles. The van der Waals surface area contributed by atoms with Gasteiger partial charge in [-0.25, -0.2) is 0 Å². The highest BCUT2D eigenvalue weighted by Crippen LogP contribution is 2.28. The van der Waals surface area contributed by atoms with Gasteiger partial charge < -0.3 is 4.90 Å². The lowest BCUT2D eigenvalue weighted by Crippen LogP contribution is -2.30. The first-order valence-electron chi connectivity index (χ1n) is 6.02. The number of aromatic nitrogens is 2. The summed E-state index contributed by atoms with van der Waals surface area (Å²) in [5, 5.41) is 5.39. The maximum atomic E-state index is 12.4. The molecule has 2 rings (SSSR count). The Balaban J connectivity index is 2.37.